The topological polar surface area (TPSA) is 110 Å². The van der Waals surface area contributed by atoms with Gasteiger partial charge < -0.3 is 16.0 Å². The number of carbonyl (C=O) groups excluding carboxylic acids is 1. The Hall–Kier alpha value is -4.40. The minimum absolute atomic E-state index is 0.102. The second kappa shape index (κ2) is 9.84. The highest BCUT2D eigenvalue weighted by molar-refractivity contribution is 5.95. The monoisotopic (exact) mass is 469 g/mol. The lowest BCUT2D eigenvalue weighted by molar-refractivity contribution is 0.0607. The highest BCUT2D eigenvalue weighted by Gasteiger charge is 2.32. The number of piperidine rings is 1. The number of hydrogen-bond donors (Lipinski definition) is 2. The molecule has 1 saturated heterocycles. The van der Waals surface area contributed by atoms with Gasteiger partial charge in [-0.1, -0.05) is 18.2 Å². The molecule has 0 radical (unpaired) electrons. The van der Waals surface area contributed by atoms with Gasteiger partial charge >= 0.3 is 0 Å². The van der Waals surface area contributed by atoms with E-state index in [2.05, 4.69) is 25.3 Å². The number of likely N-dealkylation sites (tertiary alicyclic amines) is 1. The van der Waals surface area contributed by atoms with Crippen LogP contribution in [0.5, 0.6) is 0 Å². The van der Waals surface area contributed by atoms with Crippen molar-refractivity contribution >= 4 is 23.5 Å². The summed E-state index contributed by atoms with van der Waals surface area (Å²) in [6.07, 6.45) is 7.53. The largest absolute Gasteiger partial charge is 0.368 e. The molecule has 1 aliphatic rings. The standard InChI is InChI=1S/C26H24FN7O/c27-19-10-8-17(9-11-19)21-16-31-25(28)33-23(21)22-7-1-2-14-34(22)24(35)18-5-3-6-20(15-18)32-26-29-12-4-13-30-26/h3-6,8-13,15-16,22H,1-2,7,14H2,(H2,28,31,33)(H,29,30,32)/t22-/m1/s1. The molecule has 1 aliphatic heterocycles. The van der Waals surface area contributed by atoms with Crippen molar-refractivity contribution < 1.29 is 9.18 Å². The Morgan fingerprint density at radius 1 is 1.03 bits per heavy atom. The summed E-state index contributed by atoms with van der Waals surface area (Å²) in [4.78, 5) is 32.6. The van der Waals surface area contributed by atoms with Crippen LogP contribution in [-0.4, -0.2) is 37.3 Å². The highest BCUT2D eigenvalue weighted by atomic mass is 19.1. The molecule has 1 fully saturated rings. The maximum Gasteiger partial charge on any atom is 0.254 e. The number of carbonyl (C=O) groups is 1. The molecule has 0 bridgehead atoms. The first kappa shape index (κ1) is 22.4. The van der Waals surface area contributed by atoms with Gasteiger partial charge in [-0.2, -0.15) is 0 Å². The predicted octanol–water partition coefficient (Wildman–Crippen LogP) is 4.77. The third-order valence-corrected chi connectivity index (χ3v) is 6.00. The van der Waals surface area contributed by atoms with Crippen LogP contribution in [0.3, 0.4) is 0 Å². The van der Waals surface area contributed by atoms with Crippen LogP contribution in [0.4, 0.5) is 22.0 Å². The van der Waals surface area contributed by atoms with Crippen LogP contribution in [0.2, 0.25) is 0 Å². The van der Waals surface area contributed by atoms with Gasteiger partial charge in [0.15, 0.2) is 0 Å². The molecular formula is C26H24FN7O. The first-order valence-electron chi connectivity index (χ1n) is 11.4. The van der Waals surface area contributed by atoms with Crippen LogP contribution in [0, 0.1) is 5.82 Å². The number of anilines is 3. The molecule has 4 aromatic rings. The van der Waals surface area contributed by atoms with E-state index in [0.717, 1.165) is 30.4 Å². The van der Waals surface area contributed by atoms with Crippen LogP contribution in [-0.2, 0) is 0 Å². The van der Waals surface area contributed by atoms with Gasteiger partial charge in [-0.15, -0.1) is 0 Å². The summed E-state index contributed by atoms with van der Waals surface area (Å²) in [7, 11) is 0. The predicted molar refractivity (Wildman–Crippen MR) is 131 cm³/mol. The normalized spacial score (nSPS) is 15.6. The summed E-state index contributed by atoms with van der Waals surface area (Å²) < 4.78 is 13.5. The van der Waals surface area contributed by atoms with Gasteiger partial charge in [0.05, 0.1) is 11.7 Å². The molecule has 0 saturated carbocycles. The number of benzene rings is 2. The van der Waals surface area contributed by atoms with E-state index in [-0.39, 0.29) is 23.7 Å². The Bertz CT molecular complexity index is 1330. The van der Waals surface area contributed by atoms with Crippen LogP contribution in [0.1, 0.15) is 41.4 Å². The minimum atomic E-state index is -0.324. The van der Waals surface area contributed by atoms with Gasteiger partial charge in [-0.05, 0) is 61.2 Å². The van der Waals surface area contributed by atoms with E-state index in [0.29, 0.717) is 29.4 Å². The molecule has 5 rings (SSSR count). The van der Waals surface area contributed by atoms with Gasteiger partial charge in [-0.3, -0.25) is 4.79 Å². The fourth-order valence-corrected chi connectivity index (χ4v) is 4.36. The number of nitrogen functional groups attached to an aromatic ring is 1. The fraction of sp³-hybridized carbons (Fsp3) is 0.192. The summed E-state index contributed by atoms with van der Waals surface area (Å²) in [6, 6.07) is 14.9. The van der Waals surface area contributed by atoms with E-state index in [1.54, 1.807) is 48.9 Å². The molecular weight excluding hydrogens is 445 g/mol. The molecule has 1 atom stereocenters. The van der Waals surface area contributed by atoms with E-state index < -0.39 is 0 Å². The lowest BCUT2D eigenvalue weighted by Gasteiger charge is -2.36. The van der Waals surface area contributed by atoms with Crippen molar-refractivity contribution in [2.75, 3.05) is 17.6 Å². The van der Waals surface area contributed by atoms with Crippen molar-refractivity contribution in [3.63, 3.8) is 0 Å². The number of rotatable bonds is 5. The number of nitrogens with one attached hydrogen (secondary N) is 1. The number of halogens is 1. The van der Waals surface area contributed by atoms with Crippen molar-refractivity contribution in [2.45, 2.75) is 25.3 Å². The Kier molecular flexibility index (Phi) is 6.30. The molecule has 3 heterocycles. The molecule has 8 nitrogen and oxygen atoms in total. The van der Waals surface area contributed by atoms with Crippen molar-refractivity contribution in [2.24, 2.45) is 0 Å². The van der Waals surface area contributed by atoms with Gasteiger partial charge in [0.25, 0.3) is 5.91 Å². The maximum atomic E-state index is 13.7. The van der Waals surface area contributed by atoms with Crippen LogP contribution >= 0.6 is 0 Å². The second-order valence-corrected chi connectivity index (χ2v) is 8.32. The zero-order valence-electron chi connectivity index (χ0n) is 18.9. The van der Waals surface area contributed by atoms with Crippen molar-refractivity contribution in [1.29, 1.82) is 0 Å². The van der Waals surface area contributed by atoms with Crippen LogP contribution in [0.15, 0.2) is 73.2 Å². The van der Waals surface area contributed by atoms with Gasteiger partial charge in [0, 0.05) is 41.9 Å². The van der Waals surface area contributed by atoms with E-state index >= 15 is 0 Å². The summed E-state index contributed by atoms with van der Waals surface area (Å²) in [6.45, 7) is 0.593. The van der Waals surface area contributed by atoms with Crippen molar-refractivity contribution in [3.8, 4) is 11.1 Å². The van der Waals surface area contributed by atoms with Crippen LogP contribution in [0.25, 0.3) is 11.1 Å². The number of nitrogens with two attached hydrogens (primary N) is 1. The van der Waals surface area contributed by atoms with E-state index in [9.17, 15) is 9.18 Å². The minimum Gasteiger partial charge on any atom is -0.368 e. The average Bonchev–Trinajstić information content (AvgIpc) is 2.89. The summed E-state index contributed by atoms with van der Waals surface area (Å²) in [5.74, 6) is 0.163. The molecule has 2 aromatic heterocycles. The van der Waals surface area contributed by atoms with Gasteiger partial charge in [0.1, 0.15) is 5.82 Å². The quantitative estimate of drug-likeness (QED) is 0.433. The van der Waals surface area contributed by atoms with Gasteiger partial charge in [0.2, 0.25) is 11.9 Å². The third-order valence-electron chi connectivity index (χ3n) is 6.00. The Morgan fingerprint density at radius 3 is 2.63 bits per heavy atom. The number of aromatic nitrogens is 4. The lowest BCUT2D eigenvalue weighted by Crippen LogP contribution is -2.39. The Labute approximate surface area is 202 Å². The van der Waals surface area contributed by atoms with E-state index in [4.69, 9.17) is 5.73 Å². The molecule has 176 valence electrons. The zero-order valence-corrected chi connectivity index (χ0v) is 18.9. The average molecular weight is 470 g/mol. The summed E-state index contributed by atoms with van der Waals surface area (Å²) >= 11 is 0. The fourth-order valence-electron chi connectivity index (χ4n) is 4.36. The van der Waals surface area contributed by atoms with E-state index in [1.807, 2.05) is 17.0 Å². The SMILES string of the molecule is Nc1ncc(-c2ccc(F)cc2)c([C@H]2CCCCN2C(=O)c2cccc(Nc3ncccn3)c2)n1. The molecule has 1 amide bonds. The summed E-state index contributed by atoms with van der Waals surface area (Å²) in [5, 5.41) is 3.13. The molecule has 0 unspecified atom stereocenters. The first-order valence-corrected chi connectivity index (χ1v) is 11.4. The molecule has 35 heavy (non-hydrogen) atoms. The molecule has 3 N–H and O–H groups in total. The smallest absolute Gasteiger partial charge is 0.254 e. The van der Waals surface area contributed by atoms with Crippen LogP contribution < -0.4 is 11.1 Å². The molecule has 9 heteroatoms. The molecule has 0 spiro atoms. The highest BCUT2D eigenvalue weighted by Crippen LogP contribution is 2.37. The first-order chi connectivity index (χ1) is 17.1. The Morgan fingerprint density at radius 2 is 1.83 bits per heavy atom. The summed E-state index contributed by atoms with van der Waals surface area (Å²) in [5.41, 5.74) is 9.40. The van der Waals surface area contributed by atoms with Gasteiger partial charge in [-0.25, -0.2) is 24.3 Å². The second-order valence-electron chi connectivity index (χ2n) is 8.32. The van der Waals surface area contributed by atoms with Crippen molar-refractivity contribution in [3.05, 3.63) is 90.3 Å². The number of amides is 1. The maximum absolute atomic E-state index is 13.7. The zero-order chi connectivity index (χ0) is 24.2. The number of nitrogens with zero attached hydrogens (tertiary/aromatic N) is 5. The lowest BCUT2D eigenvalue weighted by atomic mass is 9.93. The van der Waals surface area contributed by atoms with Crippen molar-refractivity contribution in [1.82, 2.24) is 24.8 Å². The van der Waals surface area contributed by atoms with E-state index in [1.165, 1.54) is 12.1 Å². The molecule has 0 aliphatic carbocycles. The third kappa shape index (κ3) is 4.93. The number of hydrogen-bond acceptors (Lipinski definition) is 7. The molecule has 2 aromatic carbocycles. The Balaban J connectivity index is 1.47.